The predicted molar refractivity (Wildman–Crippen MR) is 160 cm³/mol. The van der Waals surface area contributed by atoms with Gasteiger partial charge in [0.05, 0.1) is 11.4 Å². The minimum Gasteiger partial charge on any atom is -0.345 e. The molecule has 0 aromatic heterocycles. The van der Waals surface area contributed by atoms with Gasteiger partial charge >= 0.3 is 0 Å². The van der Waals surface area contributed by atoms with E-state index in [0.717, 1.165) is 23.4 Å². The van der Waals surface area contributed by atoms with Crippen molar-refractivity contribution in [1.82, 2.24) is 10.2 Å². The zero-order chi connectivity index (χ0) is 26.5. The highest BCUT2D eigenvalue weighted by Crippen LogP contribution is 2.30. The number of rotatable bonds is 6. The fraction of sp³-hybridized carbons (Fsp3) is 0.323. The number of amides is 1. The number of benzene rings is 3. The lowest BCUT2D eigenvalue weighted by Crippen LogP contribution is -2.51. The van der Waals surface area contributed by atoms with Gasteiger partial charge in [-0.25, -0.2) is 4.99 Å². The van der Waals surface area contributed by atoms with Gasteiger partial charge in [-0.15, -0.1) is 0 Å². The van der Waals surface area contributed by atoms with Gasteiger partial charge in [0.1, 0.15) is 0 Å². The summed E-state index contributed by atoms with van der Waals surface area (Å²) in [7, 11) is 1.78. The predicted octanol–water partition coefficient (Wildman–Crippen LogP) is 6.44. The van der Waals surface area contributed by atoms with Gasteiger partial charge in [-0.2, -0.15) is 0 Å². The van der Waals surface area contributed by atoms with Crippen LogP contribution in [0.15, 0.2) is 83.9 Å². The molecule has 196 valence electrons. The molecular formula is C31H33ClN4OS. The minimum absolute atomic E-state index is 0.167. The Bertz CT molecular complexity index is 1310. The Morgan fingerprint density at radius 1 is 1.03 bits per heavy atom. The standard InChI is InChI=1S/C31H33ClN4OS/c1-35-27-18-17-25(32)19-26(27)28(24-15-9-4-10-16-24)33-29(30(35)37)34-31(38)36(20-22-11-5-2-6-12-22)21-23-13-7-3-8-14-23/h2,4-6,9-12,15-19,23,29H,3,7-8,13-14,20-21H2,1H3,(H,34,38). The third kappa shape index (κ3) is 6.08. The summed E-state index contributed by atoms with van der Waals surface area (Å²) in [5.74, 6) is 0.425. The normalized spacial score (nSPS) is 17.8. The van der Waals surface area contributed by atoms with Gasteiger partial charge in [0.15, 0.2) is 5.11 Å². The van der Waals surface area contributed by atoms with Crippen LogP contribution in [0.2, 0.25) is 5.02 Å². The SMILES string of the molecule is CN1C(=O)C(NC(=S)N(Cc2ccccc2)CC2CCCCC2)N=C(c2ccccc2)c2cc(Cl)ccc21. The van der Waals surface area contributed by atoms with Crippen LogP contribution in [0.25, 0.3) is 0 Å². The zero-order valence-corrected chi connectivity index (χ0v) is 23.2. The van der Waals surface area contributed by atoms with E-state index in [4.69, 9.17) is 28.8 Å². The topological polar surface area (TPSA) is 47.9 Å². The maximum Gasteiger partial charge on any atom is 0.272 e. The fourth-order valence-corrected chi connectivity index (χ4v) is 5.80. The molecule has 1 fully saturated rings. The number of benzodiazepines with no additional fused rings is 1. The Morgan fingerprint density at radius 3 is 2.42 bits per heavy atom. The molecular weight excluding hydrogens is 512 g/mol. The number of hydrogen-bond donors (Lipinski definition) is 1. The zero-order valence-electron chi connectivity index (χ0n) is 21.6. The number of anilines is 1. The summed E-state index contributed by atoms with van der Waals surface area (Å²) in [4.78, 5) is 22.6. The highest BCUT2D eigenvalue weighted by Gasteiger charge is 2.32. The van der Waals surface area contributed by atoms with Gasteiger partial charge in [0, 0.05) is 36.3 Å². The molecule has 0 spiro atoms. The van der Waals surface area contributed by atoms with Gasteiger partial charge in [0.25, 0.3) is 5.91 Å². The van der Waals surface area contributed by atoms with E-state index in [9.17, 15) is 4.79 Å². The molecule has 1 amide bonds. The lowest BCUT2D eigenvalue weighted by molar-refractivity contribution is -0.119. The summed E-state index contributed by atoms with van der Waals surface area (Å²) in [6.45, 7) is 1.55. The lowest BCUT2D eigenvalue weighted by Gasteiger charge is -2.33. The van der Waals surface area contributed by atoms with Gasteiger partial charge in [0.2, 0.25) is 6.17 Å². The Labute approximate surface area is 235 Å². The molecule has 38 heavy (non-hydrogen) atoms. The van der Waals surface area contributed by atoms with Crippen LogP contribution in [-0.4, -0.2) is 41.4 Å². The van der Waals surface area contributed by atoms with Crippen molar-refractivity contribution in [3.63, 3.8) is 0 Å². The number of hydrogen-bond acceptors (Lipinski definition) is 3. The van der Waals surface area contributed by atoms with E-state index in [1.165, 1.54) is 37.7 Å². The highest BCUT2D eigenvalue weighted by atomic mass is 35.5. The Balaban J connectivity index is 1.47. The van der Waals surface area contributed by atoms with E-state index < -0.39 is 6.17 Å². The largest absolute Gasteiger partial charge is 0.345 e. The van der Waals surface area contributed by atoms with Gasteiger partial charge in [-0.3, -0.25) is 4.79 Å². The van der Waals surface area contributed by atoms with E-state index in [1.807, 2.05) is 60.7 Å². The summed E-state index contributed by atoms with van der Waals surface area (Å²) in [6, 6.07) is 25.8. The molecule has 1 unspecified atom stereocenters. The lowest BCUT2D eigenvalue weighted by atomic mass is 9.89. The van der Waals surface area contributed by atoms with Crippen molar-refractivity contribution in [2.24, 2.45) is 10.9 Å². The van der Waals surface area contributed by atoms with E-state index in [0.29, 0.717) is 28.3 Å². The molecule has 3 aromatic carbocycles. The Morgan fingerprint density at radius 2 is 1.71 bits per heavy atom. The molecule has 0 bridgehead atoms. The van der Waals surface area contributed by atoms with Gasteiger partial charge in [-0.05, 0) is 54.7 Å². The molecule has 0 radical (unpaired) electrons. The van der Waals surface area contributed by atoms with Crippen molar-refractivity contribution < 1.29 is 4.79 Å². The highest BCUT2D eigenvalue weighted by molar-refractivity contribution is 7.80. The number of carbonyl (C=O) groups is 1. The van der Waals surface area contributed by atoms with Crippen LogP contribution >= 0.6 is 23.8 Å². The first-order valence-corrected chi connectivity index (χ1v) is 14.1. The van der Waals surface area contributed by atoms with Crippen molar-refractivity contribution >= 4 is 46.2 Å². The number of halogens is 1. The Kier molecular flexibility index (Phi) is 8.40. The number of thiocarbonyl (C=S) groups is 1. The molecule has 0 saturated heterocycles. The molecule has 3 aromatic rings. The summed E-state index contributed by atoms with van der Waals surface area (Å²) < 4.78 is 0. The Hall–Kier alpha value is -3.22. The molecule has 5 rings (SSSR count). The molecule has 5 nitrogen and oxygen atoms in total. The molecule has 1 N–H and O–H groups in total. The second-order valence-electron chi connectivity index (χ2n) is 10.1. The quantitative estimate of drug-likeness (QED) is 0.363. The van der Waals surface area contributed by atoms with E-state index in [1.54, 1.807) is 18.0 Å². The third-order valence-electron chi connectivity index (χ3n) is 7.41. The number of likely N-dealkylation sites (N-methyl/N-ethyl adjacent to an activating group) is 1. The van der Waals surface area contributed by atoms with Crippen LogP contribution < -0.4 is 10.2 Å². The molecule has 1 saturated carbocycles. The second kappa shape index (κ2) is 12.1. The molecule has 1 atom stereocenters. The second-order valence-corrected chi connectivity index (χ2v) is 10.9. The van der Waals surface area contributed by atoms with Crippen LogP contribution in [-0.2, 0) is 11.3 Å². The first-order chi connectivity index (χ1) is 18.5. The van der Waals surface area contributed by atoms with Crippen molar-refractivity contribution in [2.75, 3.05) is 18.5 Å². The first-order valence-electron chi connectivity index (χ1n) is 13.3. The smallest absolute Gasteiger partial charge is 0.272 e. The number of carbonyl (C=O) groups excluding carboxylic acids is 1. The van der Waals surface area contributed by atoms with Gasteiger partial charge in [-0.1, -0.05) is 91.5 Å². The summed E-state index contributed by atoms with van der Waals surface area (Å²) in [6.07, 6.45) is 5.40. The third-order valence-corrected chi connectivity index (χ3v) is 8.02. The van der Waals surface area contributed by atoms with Crippen LogP contribution in [0.3, 0.4) is 0 Å². The maximum atomic E-state index is 13.7. The fourth-order valence-electron chi connectivity index (χ4n) is 5.38. The van der Waals surface area contributed by atoms with Crippen LogP contribution in [0.5, 0.6) is 0 Å². The van der Waals surface area contributed by atoms with Crippen LogP contribution in [0, 0.1) is 5.92 Å². The summed E-state index contributed by atoms with van der Waals surface area (Å²) >= 11 is 12.4. The maximum absolute atomic E-state index is 13.7. The minimum atomic E-state index is -0.862. The first kappa shape index (κ1) is 26.4. The van der Waals surface area contributed by atoms with E-state index >= 15 is 0 Å². The monoisotopic (exact) mass is 544 g/mol. The number of nitrogens with one attached hydrogen (secondary N) is 1. The number of nitrogens with zero attached hydrogens (tertiary/aromatic N) is 3. The van der Waals surface area contributed by atoms with Crippen molar-refractivity contribution in [3.8, 4) is 0 Å². The summed E-state index contributed by atoms with van der Waals surface area (Å²) in [5.41, 5.74) is 4.40. The molecule has 7 heteroatoms. The van der Waals surface area contributed by atoms with E-state index in [2.05, 4.69) is 22.3 Å². The van der Waals surface area contributed by atoms with Crippen molar-refractivity contribution in [3.05, 3.63) is 101 Å². The van der Waals surface area contributed by atoms with Gasteiger partial charge < -0.3 is 15.1 Å². The summed E-state index contributed by atoms with van der Waals surface area (Å²) in [5, 5.41) is 4.49. The molecule has 2 aliphatic rings. The number of fused-ring (bicyclic) bond motifs is 1. The van der Waals surface area contributed by atoms with Crippen molar-refractivity contribution in [2.45, 2.75) is 44.8 Å². The van der Waals surface area contributed by atoms with Crippen LogP contribution in [0.4, 0.5) is 5.69 Å². The number of aliphatic imine (C=N–C) groups is 1. The van der Waals surface area contributed by atoms with Crippen LogP contribution in [0.1, 0.15) is 48.8 Å². The molecule has 1 aliphatic heterocycles. The van der Waals surface area contributed by atoms with Crippen molar-refractivity contribution in [1.29, 1.82) is 0 Å². The average Bonchev–Trinajstić information content (AvgIpc) is 3.04. The average molecular weight is 545 g/mol. The molecule has 1 aliphatic carbocycles. The molecule has 1 heterocycles. The van der Waals surface area contributed by atoms with E-state index in [-0.39, 0.29) is 5.91 Å².